The molecule has 0 aliphatic carbocycles. The summed E-state index contributed by atoms with van der Waals surface area (Å²) in [4.78, 5) is 19.7. The van der Waals surface area contributed by atoms with Gasteiger partial charge in [-0.1, -0.05) is 24.3 Å². The molecule has 0 aliphatic rings. The van der Waals surface area contributed by atoms with Gasteiger partial charge in [0.05, 0.1) is 12.4 Å². The molecule has 0 saturated carbocycles. The fraction of sp³-hybridized carbons (Fsp3) is 0. The first kappa shape index (κ1) is 15.4. The summed E-state index contributed by atoms with van der Waals surface area (Å²) < 4.78 is 23.5. The van der Waals surface area contributed by atoms with Crippen molar-refractivity contribution in [1.82, 2.24) is 9.97 Å². The van der Waals surface area contributed by atoms with Gasteiger partial charge in [0.1, 0.15) is 17.3 Å². The van der Waals surface area contributed by atoms with Gasteiger partial charge < -0.3 is 9.47 Å². The zero-order valence-corrected chi connectivity index (χ0v) is 12.3. The van der Waals surface area contributed by atoms with Crippen LogP contribution in [0.2, 0.25) is 0 Å². The van der Waals surface area contributed by atoms with Crippen LogP contribution in [0.15, 0.2) is 67.0 Å². The molecule has 1 N–H and O–H groups in total. The van der Waals surface area contributed by atoms with E-state index < -0.39 is 11.9 Å². The molecule has 6 nitrogen and oxygen atoms in total. The van der Waals surface area contributed by atoms with Crippen molar-refractivity contribution in [3.8, 4) is 17.4 Å². The van der Waals surface area contributed by atoms with E-state index in [4.69, 9.17) is 9.47 Å². The molecule has 0 bridgehead atoms. The van der Waals surface area contributed by atoms with Crippen LogP contribution in [0.1, 0.15) is 0 Å². The Labute approximate surface area is 136 Å². The van der Waals surface area contributed by atoms with E-state index in [1.165, 1.54) is 30.6 Å². The predicted octanol–water partition coefficient (Wildman–Crippen LogP) is 4.02. The maximum absolute atomic E-state index is 13.1. The maximum atomic E-state index is 13.1. The molecule has 7 heteroatoms. The molecule has 3 rings (SSSR count). The van der Waals surface area contributed by atoms with E-state index in [2.05, 4.69) is 15.3 Å². The number of halogens is 1. The number of carbonyl (C=O) groups is 1. The molecule has 0 unspecified atom stereocenters. The zero-order valence-electron chi connectivity index (χ0n) is 12.3. The van der Waals surface area contributed by atoms with Gasteiger partial charge >= 0.3 is 6.09 Å². The number of carbonyl (C=O) groups excluding carboxylic acids is 1. The minimum absolute atomic E-state index is 0.169. The van der Waals surface area contributed by atoms with Crippen LogP contribution in [-0.2, 0) is 0 Å². The third-order valence-electron chi connectivity index (χ3n) is 2.83. The van der Waals surface area contributed by atoms with E-state index in [0.29, 0.717) is 11.5 Å². The number of rotatable bonds is 4. The summed E-state index contributed by atoms with van der Waals surface area (Å²) in [7, 11) is 0. The molecule has 0 radical (unpaired) electrons. The quantitative estimate of drug-likeness (QED) is 0.784. The van der Waals surface area contributed by atoms with Crippen LogP contribution in [-0.4, -0.2) is 16.1 Å². The minimum atomic E-state index is -0.686. The smallest absolute Gasteiger partial charge is 0.418 e. The standard InChI is InChI=1S/C17H12FN3O3/c18-12-5-4-8-14(9-12)23-16-11-19-15(10-20-16)21-17(22)24-13-6-2-1-3-7-13/h1-11H,(H,19,21,22). The minimum Gasteiger partial charge on any atom is -0.437 e. The Hall–Kier alpha value is -3.48. The first-order chi connectivity index (χ1) is 11.7. The summed E-state index contributed by atoms with van der Waals surface area (Å²) >= 11 is 0. The Morgan fingerprint density at radius 3 is 2.46 bits per heavy atom. The van der Waals surface area contributed by atoms with E-state index in [0.717, 1.165) is 0 Å². The number of amides is 1. The van der Waals surface area contributed by atoms with E-state index in [-0.39, 0.29) is 11.7 Å². The fourth-order valence-corrected chi connectivity index (χ4v) is 1.81. The number of anilines is 1. The average molecular weight is 325 g/mol. The monoisotopic (exact) mass is 325 g/mol. The first-order valence-corrected chi connectivity index (χ1v) is 6.98. The number of para-hydroxylation sites is 1. The highest BCUT2D eigenvalue weighted by molar-refractivity contribution is 5.84. The third kappa shape index (κ3) is 4.26. The Morgan fingerprint density at radius 2 is 1.75 bits per heavy atom. The lowest BCUT2D eigenvalue weighted by atomic mass is 10.3. The van der Waals surface area contributed by atoms with Crippen molar-refractivity contribution in [1.29, 1.82) is 0 Å². The average Bonchev–Trinajstić information content (AvgIpc) is 2.57. The van der Waals surface area contributed by atoms with Crippen LogP contribution in [0.3, 0.4) is 0 Å². The summed E-state index contributed by atoms with van der Waals surface area (Å²) in [5, 5.41) is 2.44. The molecule has 0 fully saturated rings. The van der Waals surface area contributed by atoms with Gasteiger partial charge in [-0.2, -0.15) is 0 Å². The van der Waals surface area contributed by atoms with Crippen LogP contribution in [0, 0.1) is 5.82 Å². The van der Waals surface area contributed by atoms with Gasteiger partial charge in [-0.25, -0.2) is 19.2 Å². The summed E-state index contributed by atoms with van der Waals surface area (Å²) in [6.45, 7) is 0. The van der Waals surface area contributed by atoms with Gasteiger partial charge in [0.15, 0.2) is 5.82 Å². The van der Waals surface area contributed by atoms with Gasteiger partial charge in [-0.05, 0) is 24.3 Å². The molecule has 0 atom stereocenters. The van der Waals surface area contributed by atoms with E-state index in [9.17, 15) is 9.18 Å². The van der Waals surface area contributed by atoms with Gasteiger partial charge in [-0.15, -0.1) is 0 Å². The third-order valence-corrected chi connectivity index (χ3v) is 2.83. The second kappa shape index (κ2) is 7.19. The molecule has 0 spiro atoms. The number of hydrogen-bond donors (Lipinski definition) is 1. The SMILES string of the molecule is O=C(Nc1cnc(Oc2cccc(F)c2)cn1)Oc1ccccc1. The summed E-state index contributed by atoms with van der Waals surface area (Å²) in [6, 6.07) is 14.3. The Morgan fingerprint density at radius 1 is 0.958 bits per heavy atom. The van der Waals surface area contributed by atoms with Crippen LogP contribution in [0.5, 0.6) is 17.4 Å². The normalized spacial score (nSPS) is 10.0. The van der Waals surface area contributed by atoms with Gasteiger partial charge in [-0.3, -0.25) is 5.32 Å². The summed E-state index contributed by atoms with van der Waals surface area (Å²) in [5.41, 5.74) is 0. The topological polar surface area (TPSA) is 73.3 Å². The molecule has 0 aliphatic heterocycles. The number of aromatic nitrogens is 2. The lowest BCUT2D eigenvalue weighted by Gasteiger charge is -2.07. The number of hydrogen-bond acceptors (Lipinski definition) is 5. The molecule has 120 valence electrons. The molecule has 0 saturated heterocycles. The molecule has 24 heavy (non-hydrogen) atoms. The zero-order chi connectivity index (χ0) is 16.8. The first-order valence-electron chi connectivity index (χ1n) is 6.98. The highest BCUT2D eigenvalue weighted by Crippen LogP contribution is 2.19. The molecular formula is C17H12FN3O3. The largest absolute Gasteiger partial charge is 0.437 e. The van der Waals surface area contributed by atoms with E-state index in [1.807, 2.05) is 6.07 Å². The van der Waals surface area contributed by atoms with Crippen LogP contribution in [0.25, 0.3) is 0 Å². The molecule has 1 amide bonds. The van der Waals surface area contributed by atoms with Crippen LogP contribution in [0.4, 0.5) is 15.0 Å². The predicted molar refractivity (Wildman–Crippen MR) is 84.6 cm³/mol. The van der Waals surface area contributed by atoms with Crippen molar-refractivity contribution in [3.63, 3.8) is 0 Å². The molecule has 1 heterocycles. The van der Waals surface area contributed by atoms with Gasteiger partial charge in [0, 0.05) is 6.07 Å². The molecule has 3 aromatic rings. The Kier molecular flexibility index (Phi) is 4.62. The Bertz CT molecular complexity index is 826. The van der Waals surface area contributed by atoms with Gasteiger partial charge in [0.2, 0.25) is 5.88 Å². The van der Waals surface area contributed by atoms with Crippen molar-refractivity contribution in [2.75, 3.05) is 5.32 Å². The highest BCUT2D eigenvalue weighted by atomic mass is 19.1. The van der Waals surface area contributed by atoms with Gasteiger partial charge in [0.25, 0.3) is 0 Å². The Balaban J connectivity index is 1.59. The van der Waals surface area contributed by atoms with Crippen LogP contribution < -0.4 is 14.8 Å². The summed E-state index contributed by atoms with van der Waals surface area (Å²) in [5.74, 6) is 0.662. The van der Waals surface area contributed by atoms with Crippen LogP contribution >= 0.6 is 0 Å². The van der Waals surface area contributed by atoms with Crippen molar-refractivity contribution >= 4 is 11.9 Å². The van der Waals surface area contributed by atoms with Crippen molar-refractivity contribution in [2.24, 2.45) is 0 Å². The van der Waals surface area contributed by atoms with E-state index in [1.54, 1.807) is 30.3 Å². The maximum Gasteiger partial charge on any atom is 0.418 e. The highest BCUT2D eigenvalue weighted by Gasteiger charge is 2.07. The lowest BCUT2D eigenvalue weighted by molar-refractivity contribution is 0.215. The number of benzene rings is 2. The molecular weight excluding hydrogens is 313 g/mol. The van der Waals surface area contributed by atoms with Crippen molar-refractivity contribution in [2.45, 2.75) is 0 Å². The summed E-state index contributed by atoms with van der Waals surface area (Å²) in [6.07, 6.45) is 1.93. The molecule has 1 aromatic heterocycles. The van der Waals surface area contributed by atoms with E-state index >= 15 is 0 Å². The second-order valence-corrected chi connectivity index (χ2v) is 4.63. The number of ether oxygens (including phenoxy) is 2. The van der Waals surface area contributed by atoms with Crippen molar-refractivity contribution in [3.05, 3.63) is 72.8 Å². The number of nitrogens with zero attached hydrogens (tertiary/aromatic N) is 2. The molecule has 2 aromatic carbocycles. The fourth-order valence-electron chi connectivity index (χ4n) is 1.81. The van der Waals surface area contributed by atoms with Crippen molar-refractivity contribution < 1.29 is 18.7 Å². The lowest BCUT2D eigenvalue weighted by Crippen LogP contribution is -2.17. The second-order valence-electron chi connectivity index (χ2n) is 4.63. The number of nitrogens with one attached hydrogen (secondary N) is 1.